The van der Waals surface area contributed by atoms with E-state index < -0.39 is 6.04 Å². The number of nitrogens with zero attached hydrogens (tertiary/aromatic N) is 1. The number of aromatic nitrogens is 1. The number of hydrogen-bond acceptors (Lipinski definition) is 3. The van der Waals surface area contributed by atoms with Gasteiger partial charge < -0.3 is 15.2 Å². The molecule has 2 aromatic carbocycles. The molecule has 2 amide bonds. The predicted octanol–water partition coefficient (Wildman–Crippen LogP) is 3.33. The Labute approximate surface area is 163 Å². The summed E-state index contributed by atoms with van der Waals surface area (Å²) in [4.78, 5) is 42.0. The number of likely N-dealkylation sites (N-methyl/N-ethyl adjacent to an activating group) is 1. The molecule has 0 saturated heterocycles. The number of fused-ring (bicyclic) bond motifs is 1. The highest BCUT2D eigenvalue weighted by Crippen LogP contribution is 2.18. The summed E-state index contributed by atoms with van der Waals surface area (Å²) in [6.07, 6.45) is 0. The van der Waals surface area contributed by atoms with Crippen LogP contribution in [-0.4, -0.2) is 34.3 Å². The third-order valence-electron chi connectivity index (χ3n) is 4.75. The summed E-state index contributed by atoms with van der Waals surface area (Å²) in [5.74, 6) is -0.635. The summed E-state index contributed by atoms with van der Waals surface area (Å²) in [5, 5.41) is 3.49. The molecule has 3 rings (SSSR count). The van der Waals surface area contributed by atoms with Crippen molar-refractivity contribution in [2.45, 2.75) is 26.8 Å². The van der Waals surface area contributed by atoms with Crippen LogP contribution in [0.4, 0.5) is 5.69 Å². The average Bonchev–Trinajstić information content (AvgIpc) is 2.69. The van der Waals surface area contributed by atoms with Gasteiger partial charge >= 0.3 is 0 Å². The van der Waals surface area contributed by atoms with Crippen molar-refractivity contribution in [2.24, 2.45) is 0 Å². The van der Waals surface area contributed by atoms with Crippen molar-refractivity contribution < 1.29 is 9.59 Å². The summed E-state index contributed by atoms with van der Waals surface area (Å²) in [6.45, 7) is 5.79. The van der Waals surface area contributed by atoms with E-state index >= 15 is 0 Å². The lowest BCUT2D eigenvalue weighted by molar-refractivity contribution is -0.120. The summed E-state index contributed by atoms with van der Waals surface area (Å²) in [5.41, 5.74) is 2.29. The molecule has 0 aliphatic heterocycles. The number of carbonyl (C=O) groups is 2. The van der Waals surface area contributed by atoms with E-state index in [2.05, 4.69) is 10.3 Å². The summed E-state index contributed by atoms with van der Waals surface area (Å²) >= 11 is 0. The molecule has 0 spiro atoms. The molecule has 1 heterocycles. The number of nitrogens with one attached hydrogen (secondary N) is 2. The Morgan fingerprint density at radius 2 is 1.79 bits per heavy atom. The van der Waals surface area contributed by atoms with Gasteiger partial charge in [0.25, 0.3) is 5.91 Å². The van der Waals surface area contributed by atoms with Crippen molar-refractivity contribution in [3.63, 3.8) is 0 Å². The SMILES string of the molecule is CCN(C(=O)c1cc(=O)[nH]c2ccccc12)[C@@H](C)C(=O)Nc1ccc(C)cc1. The summed E-state index contributed by atoms with van der Waals surface area (Å²) < 4.78 is 0. The zero-order valence-electron chi connectivity index (χ0n) is 16.2. The predicted molar refractivity (Wildman–Crippen MR) is 111 cm³/mol. The van der Waals surface area contributed by atoms with Crippen molar-refractivity contribution in [2.75, 3.05) is 11.9 Å². The third kappa shape index (κ3) is 3.96. The first-order valence-corrected chi connectivity index (χ1v) is 9.21. The van der Waals surface area contributed by atoms with Crippen LogP contribution in [0.2, 0.25) is 0 Å². The third-order valence-corrected chi connectivity index (χ3v) is 4.75. The molecule has 3 aromatic rings. The maximum Gasteiger partial charge on any atom is 0.255 e. The van der Waals surface area contributed by atoms with Crippen molar-refractivity contribution in [3.05, 3.63) is 76.1 Å². The van der Waals surface area contributed by atoms with Gasteiger partial charge in [0.05, 0.1) is 5.56 Å². The van der Waals surface area contributed by atoms with E-state index in [9.17, 15) is 14.4 Å². The molecule has 0 radical (unpaired) electrons. The van der Waals surface area contributed by atoms with E-state index in [0.717, 1.165) is 5.56 Å². The Hall–Kier alpha value is -3.41. The quantitative estimate of drug-likeness (QED) is 0.715. The Morgan fingerprint density at radius 3 is 2.46 bits per heavy atom. The molecule has 1 aromatic heterocycles. The van der Waals surface area contributed by atoms with E-state index in [1.54, 1.807) is 31.2 Å². The molecule has 0 saturated carbocycles. The lowest BCUT2D eigenvalue weighted by atomic mass is 10.1. The highest BCUT2D eigenvalue weighted by Gasteiger charge is 2.27. The van der Waals surface area contributed by atoms with Crippen LogP contribution in [0.1, 0.15) is 29.8 Å². The second-order valence-electron chi connectivity index (χ2n) is 6.72. The van der Waals surface area contributed by atoms with Gasteiger partial charge in [0, 0.05) is 29.2 Å². The van der Waals surface area contributed by atoms with Crippen molar-refractivity contribution in [1.29, 1.82) is 0 Å². The second kappa shape index (κ2) is 8.08. The lowest BCUT2D eigenvalue weighted by Crippen LogP contribution is -2.45. The number of benzene rings is 2. The van der Waals surface area contributed by atoms with Gasteiger partial charge in [-0.2, -0.15) is 0 Å². The molecule has 2 N–H and O–H groups in total. The fraction of sp³-hybridized carbons (Fsp3) is 0.227. The van der Waals surface area contributed by atoms with E-state index in [1.807, 2.05) is 38.1 Å². The van der Waals surface area contributed by atoms with E-state index in [-0.39, 0.29) is 22.9 Å². The topological polar surface area (TPSA) is 82.3 Å². The van der Waals surface area contributed by atoms with Gasteiger partial charge in [-0.15, -0.1) is 0 Å². The highest BCUT2D eigenvalue weighted by molar-refractivity contribution is 6.08. The van der Waals surface area contributed by atoms with Gasteiger partial charge in [-0.05, 0) is 39.0 Å². The van der Waals surface area contributed by atoms with Crippen molar-refractivity contribution in [1.82, 2.24) is 9.88 Å². The van der Waals surface area contributed by atoms with Gasteiger partial charge in [0.2, 0.25) is 11.5 Å². The normalized spacial score (nSPS) is 11.8. The van der Waals surface area contributed by atoms with Crippen LogP contribution in [0.5, 0.6) is 0 Å². The number of anilines is 1. The molecule has 0 aliphatic rings. The zero-order valence-corrected chi connectivity index (χ0v) is 16.2. The number of rotatable bonds is 5. The minimum atomic E-state index is -0.697. The van der Waals surface area contributed by atoms with Crippen molar-refractivity contribution in [3.8, 4) is 0 Å². The van der Waals surface area contributed by atoms with Crippen LogP contribution in [0.25, 0.3) is 10.9 Å². The van der Waals surface area contributed by atoms with Crippen LogP contribution in [0.15, 0.2) is 59.4 Å². The molecule has 0 bridgehead atoms. The second-order valence-corrected chi connectivity index (χ2v) is 6.72. The number of amides is 2. The molecule has 28 heavy (non-hydrogen) atoms. The fourth-order valence-corrected chi connectivity index (χ4v) is 3.15. The molecular weight excluding hydrogens is 354 g/mol. The van der Waals surface area contributed by atoms with Crippen LogP contribution in [0, 0.1) is 6.92 Å². The average molecular weight is 377 g/mol. The number of hydrogen-bond donors (Lipinski definition) is 2. The highest BCUT2D eigenvalue weighted by atomic mass is 16.2. The monoisotopic (exact) mass is 377 g/mol. The fourth-order valence-electron chi connectivity index (χ4n) is 3.15. The van der Waals surface area contributed by atoms with E-state index in [0.29, 0.717) is 23.1 Å². The molecule has 0 unspecified atom stereocenters. The number of aryl methyl sites for hydroxylation is 1. The minimum absolute atomic E-state index is 0.284. The Kier molecular flexibility index (Phi) is 5.59. The zero-order chi connectivity index (χ0) is 20.3. The van der Waals surface area contributed by atoms with Crippen LogP contribution >= 0.6 is 0 Å². The van der Waals surface area contributed by atoms with Gasteiger partial charge in [-0.3, -0.25) is 14.4 Å². The molecular formula is C22H23N3O3. The number of H-pyrrole nitrogens is 1. The molecule has 6 nitrogen and oxygen atoms in total. The molecule has 1 atom stereocenters. The Balaban J connectivity index is 1.88. The summed E-state index contributed by atoms with van der Waals surface area (Å²) in [7, 11) is 0. The van der Waals surface area contributed by atoms with Gasteiger partial charge in [0.1, 0.15) is 6.04 Å². The van der Waals surface area contributed by atoms with Crippen molar-refractivity contribution >= 4 is 28.4 Å². The summed E-state index contributed by atoms with van der Waals surface area (Å²) in [6, 6.07) is 15.2. The standard InChI is InChI=1S/C22H23N3O3/c1-4-25(15(3)21(27)23-16-11-9-14(2)10-12-16)22(28)18-13-20(26)24-19-8-6-5-7-17(18)19/h5-13,15H,4H2,1-3H3,(H,23,27)(H,24,26)/t15-/m0/s1. The van der Waals surface area contributed by atoms with Crippen LogP contribution in [-0.2, 0) is 4.79 Å². The largest absolute Gasteiger partial charge is 0.327 e. The van der Waals surface area contributed by atoms with E-state index in [1.165, 1.54) is 11.0 Å². The smallest absolute Gasteiger partial charge is 0.255 e. The first kappa shape index (κ1) is 19.4. The Morgan fingerprint density at radius 1 is 1.11 bits per heavy atom. The van der Waals surface area contributed by atoms with Crippen LogP contribution < -0.4 is 10.9 Å². The molecule has 0 fully saturated rings. The molecule has 0 aliphatic carbocycles. The van der Waals surface area contributed by atoms with E-state index in [4.69, 9.17) is 0 Å². The first-order chi connectivity index (χ1) is 13.4. The maximum absolute atomic E-state index is 13.2. The Bertz CT molecular complexity index is 1070. The molecule has 6 heteroatoms. The molecule has 144 valence electrons. The maximum atomic E-state index is 13.2. The van der Waals surface area contributed by atoms with Gasteiger partial charge in [-0.25, -0.2) is 0 Å². The van der Waals surface area contributed by atoms with Gasteiger partial charge in [-0.1, -0.05) is 35.9 Å². The van der Waals surface area contributed by atoms with Crippen LogP contribution in [0.3, 0.4) is 0 Å². The van der Waals surface area contributed by atoms with Gasteiger partial charge in [0.15, 0.2) is 0 Å². The first-order valence-electron chi connectivity index (χ1n) is 9.21. The number of para-hydroxylation sites is 1. The number of pyridine rings is 1. The lowest BCUT2D eigenvalue weighted by Gasteiger charge is -2.27. The number of carbonyl (C=O) groups excluding carboxylic acids is 2. The number of aromatic amines is 1. The minimum Gasteiger partial charge on any atom is -0.327 e.